The monoisotopic (exact) mass is 469 g/mol. The van der Waals surface area contributed by atoms with Crippen LogP contribution >= 0.6 is 0 Å². The number of nitrogen functional groups attached to an aromatic ring is 1. The summed E-state index contributed by atoms with van der Waals surface area (Å²) in [6.45, 7) is 7.00. The molecule has 0 radical (unpaired) electrons. The molecule has 0 aliphatic rings. The number of carbonyl (C=O) groups excluding carboxylic acids is 1. The van der Waals surface area contributed by atoms with Crippen molar-refractivity contribution < 1.29 is 14.6 Å². The van der Waals surface area contributed by atoms with Gasteiger partial charge in [-0.25, -0.2) is 4.98 Å². The Kier molecular flexibility index (Phi) is 7.93. The average Bonchev–Trinajstić information content (AvgIpc) is 3.15. The number of methoxy groups -OCH3 is 1. The summed E-state index contributed by atoms with van der Waals surface area (Å²) in [5, 5.41) is 17.8. The van der Waals surface area contributed by atoms with Crippen molar-refractivity contribution in [2.24, 2.45) is 0 Å². The van der Waals surface area contributed by atoms with Crippen LogP contribution in [-0.2, 0) is 17.9 Å². The Morgan fingerprint density at radius 2 is 2.09 bits per heavy atom. The lowest BCUT2D eigenvalue weighted by Gasteiger charge is -2.23. The number of nitrogens with one attached hydrogen (secondary N) is 1. The number of benzene rings is 1. The van der Waals surface area contributed by atoms with Crippen molar-refractivity contribution in [1.82, 2.24) is 24.6 Å². The Labute approximate surface area is 200 Å². The molecule has 2 heterocycles. The molecule has 0 fully saturated rings. The number of hydrogen-bond donors (Lipinski definition) is 3. The van der Waals surface area contributed by atoms with Crippen LogP contribution in [0.1, 0.15) is 51.2 Å². The molecule has 2 aromatic heterocycles. The van der Waals surface area contributed by atoms with E-state index in [4.69, 9.17) is 10.5 Å². The summed E-state index contributed by atoms with van der Waals surface area (Å²) in [4.78, 5) is 22.8. The smallest absolute Gasteiger partial charge is 0.225 e. The van der Waals surface area contributed by atoms with Crippen LogP contribution in [0.3, 0.4) is 0 Å². The van der Waals surface area contributed by atoms with E-state index in [0.717, 1.165) is 41.8 Å². The molecule has 10 nitrogen and oxygen atoms in total. The van der Waals surface area contributed by atoms with E-state index < -0.39 is 5.60 Å². The molecule has 3 aromatic rings. The summed E-state index contributed by atoms with van der Waals surface area (Å²) in [7, 11) is 3.36. The Morgan fingerprint density at radius 1 is 1.32 bits per heavy atom. The van der Waals surface area contributed by atoms with E-state index >= 15 is 0 Å². The first-order valence-corrected chi connectivity index (χ1v) is 11.5. The zero-order chi connectivity index (χ0) is 24.9. The van der Waals surface area contributed by atoms with Crippen molar-refractivity contribution in [3.63, 3.8) is 0 Å². The van der Waals surface area contributed by atoms with Gasteiger partial charge in [-0.1, -0.05) is 19.4 Å². The Morgan fingerprint density at radius 3 is 2.76 bits per heavy atom. The molecule has 0 saturated carbocycles. The number of hydrogen-bond acceptors (Lipinski definition) is 8. The molecule has 1 amide bonds. The highest BCUT2D eigenvalue weighted by atomic mass is 16.5. The lowest BCUT2D eigenvalue weighted by atomic mass is 10.0. The van der Waals surface area contributed by atoms with Gasteiger partial charge in [0.1, 0.15) is 16.8 Å². The van der Waals surface area contributed by atoms with E-state index in [9.17, 15) is 9.90 Å². The average molecular weight is 470 g/mol. The second kappa shape index (κ2) is 10.7. The number of aromatic nitrogens is 4. The van der Waals surface area contributed by atoms with Crippen LogP contribution in [0.15, 0.2) is 24.4 Å². The maximum atomic E-state index is 12.4. The molecule has 3 rings (SSSR count). The van der Waals surface area contributed by atoms with Gasteiger partial charge in [0.05, 0.1) is 31.9 Å². The van der Waals surface area contributed by atoms with Crippen molar-refractivity contribution in [3.8, 4) is 5.75 Å². The SMILES string of the molecule is CCCCNc1nc(N)nc2cnn(Cc3cc(CN(C)C(=O)CC(C)(C)O)ccc3OC)c12. The molecule has 0 aliphatic carbocycles. The van der Waals surface area contributed by atoms with Crippen LogP contribution in [0.4, 0.5) is 11.8 Å². The zero-order valence-corrected chi connectivity index (χ0v) is 20.6. The number of anilines is 2. The van der Waals surface area contributed by atoms with E-state index in [0.29, 0.717) is 24.4 Å². The number of ether oxygens (including phenoxy) is 1. The van der Waals surface area contributed by atoms with Crippen molar-refractivity contribution >= 4 is 28.7 Å². The van der Waals surface area contributed by atoms with E-state index in [1.807, 2.05) is 22.9 Å². The molecule has 1 aromatic carbocycles. The number of aliphatic hydroxyl groups is 1. The predicted molar refractivity (Wildman–Crippen MR) is 133 cm³/mol. The van der Waals surface area contributed by atoms with Crippen LogP contribution in [0.5, 0.6) is 5.75 Å². The fraction of sp³-hybridized carbons (Fsp3) is 0.500. The highest BCUT2D eigenvalue weighted by molar-refractivity contribution is 5.86. The molecule has 0 unspecified atom stereocenters. The molecule has 0 bridgehead atoms. The van der Waals surface area contributed by atoms with Crippen molar-refractivity contribution in [2.75, 3.05) is 31.8 Å². The minimum atomic E-state index is -1.05. The number of unbranched alkanes of at least 4 members (excludes halogenated alkanes) is 1. The molecular formula is C24H35N7O3. The number of nitrogens with zero attached hydrogens (tertiary/aromatic N) is 5. The summed E-state index contributed by atoms with van der Waals surface area (Å²) in [5.74, 6) is 1.44. The first kappa shape index (κ1) is 25.2. The van der Waals surface area contributed by atoms with E-state index in [1.54, 1.807) is 39.1 Å². The van der Waals surface area contributed by atoms with Gasteiger partial charge in [0.15, 0.2) is 5.82 Å². The fourth-order valence-electron chi connectivity index (χ4n) is 3.73. The van der Waals surface area contributed by atoms with Crippen LogP contribution in [-0.4, -0.2) is 62.0 Å². The van der Waals surface area contributed by atoms with Gasteiger partial charge >= 0.3 is 0 Å². The Bertz CT molecular complexity index is 1140. The van der Waals surface area contributed by atoms with E-state index in [-0.39, 0.29) is 18.3 Å². The van der Waals surface area contributed by atoms with Crippen LogP contribution in [0.25, 0.3) is 11.0 Å². The number of amides is 1. The summed E-state index contributed by atoms with van der Waals surface area (Å²) in [5.41, 5.74) is 8.14. The van der Waals surface area contributed by atoms with Gasteiger partial charge in [0.2, 0.25) is 11.9 Å². The maximum Gasteiger partial charge on any atom is 0.225 e. The minimum absolute atomic E-state index is 0.0583. The summed E-state index contributed by atoms with van der Waals surface area (Å²) < 4.78 is 7.41. The molecular weight excluding hydrogens is 434 g/mol. The van der Waals surface area contributed by atoms with Crippen molar-refractivity contribution in [1.29, 1.82) is 0 Å². The van der Waals surface area contributed by atoms with Crippen LogP contribution in [0.2, 0.25) is 0 Å². The number of fused-ring (bicyclic) bond motifs is 1. The van der Waals surface area contributed by atoms with Gasteiger partial charge in [-0.15, -0.1) is 0 Å². The van der Waals surface area contributed by atoms with Gasteiger partial charge in [-0.3, -0.25) is 9.48 Å². The van der Waals surface area contributed by atoms with Gasteiger partial charge < -0.3 is 25.8 Å². The Balaban J connectivity index is 1.88. The van der Waals surface area contributed by atoms with Gasteiger partial charge in [0.25, 0.3) is 0 Å². The molecule has 0 atom stereocenters. The second-order valence-corrected chi connectivity index (χ2v) is 9.13. The van der Waals surface area contributed by atoms with Crippen LogP contribution in [0, 0.1) is 0 Å². The van der Waals surface area contributed by atoms with Crippen LogP contribution < -0.4 is 15.8 Å². The minimum Gasteiger partial charge on any atom is -0.496 e. The third-order valence-electron chi connectivity index (χ3n) is 5.42. The van der Waals surface area contributed by atoms with Gasteiger partial charge in [-0.05, 0) is 38.0 Å². The third-order valence-corrected chi connectivity index (χ3v) is 5.42. The van der Waals surface area contributed by atoms with Crippen molar-refractivity contribution in [3.05, 3.63) is 35.5 Å². The zero-order valence-electron chi connectivity index (χ0n) is 20.6. The normalized spacial score (nSPS) is 11.6. The molecule has 34 heavy (non-hydrogen) atoms. The molecule has 0 spiro atoms. The summed E-state index contributed by atoms with van der Waals surface area (Å²) in [6.07, 6.45) is 3.81. The largest absolute Gasteiger partial charge is 0.496 e. The highest BCUT2D eigenvalue weighted by Crippen LogP contribution is 2.26. The third kappa shape index (κ3) is 6.34. The number of nitrogens with two attached hydrogens (primary N) is 1. The molecule has 10 heteroatoms. The lowest BCUT2D eigenvalue weighted by Crippen LogP contribution is -2.33. The lowest BCUT2D eigenvalue weighted by molar-refractivity contribution is -0.134. The molecule has 0 aliphatic heterocycles. The summed E-state index contributed by atoms with van der Waals surface area (Å²) >= 11 is 0. The quantitative estimate of drug-likeness (QED) is 0.365. The number of rotatable bonds is 11. The molecule has 184 valence electrons. The first-order valence-electron chi connectivity index (χ1n) is 11.5. The molecule has 0 saturated heterocycles. The predicted octanol–water partition coefficient (Wildman–Crippen LogP) is 2.80. The maximum absolute atomic E-state index is 12.4. The summed E-state index contributed by atoms with van der Waals surface area (Å²) in [6, 6.07) is 5.82. The van der Waals surface area contributed by atoms with Gasteiger partial charge in [0, 0.05) is 25.7 Å². The second-order valence-electron chi connectivity index (χ2n) is 9.13. The topological polar surface area (TPSA) is 131 Å². The number of carbonyl (C=O) groups is 1. The standard InChI is InChI=1S/C24H35N7O3/c1-6-7-10-26-22-21-18(28-23(25)29-22)13-27-31(21)15-17-11-16(8-9-19(17)34-5)14-30(4)20(32)12-24(2,3)33/h8-9,11,13,33H,6-7,10,12,14-15H2,1-5H3,(H3,25,26,28,29). The first-order chi connectivity index (χ1) is 16.1. The molecule has 4 N–H and O–H groups in total. The highest BCUT2D eigenvalue weighted by Gasteiger charge is 2.21. The van der Waals surface area contributed by atoms with Crippen molar-refractivity contribution in [2.45, 2.75) is 58.7 Å². The fourth-order valence-corrected chi connectivity index (χ4v) is 3.73. The Hall–Kier alpha value is -3.40. The van der Waals surface area contributed by atoms with E-state index in [1.165, 1.54) is 0 Å². The van der Waals surface area contributed by atoms with Gasteiger partial charge in [-0.2, -0.15) is 10.1 Å². The van der Waals surface area contributed by atoms with E-state index in [2.05, 4.69) is 27.3 Å².